The molecule has 0 aromatic carbocycles. The second kappa shape index (κ2) is 11.0. The SMILES string of the molecule is Cc1ccc([C@@H](c2cn3ncc([C@H](NC(=O)CCC(F)(F)F)C4CC4)cc3n2)C2CCC(F)(F)CC2)c(C(N)=O)n1. The third-order valence-corrected chi connectivity index (χ3v) is 7.95. The van der Waals surface area contributed by atoms with Crippen molar-refractivity contribution in [2.45, 2.75) is 82.3 Å². The van der Waals surface area contributed by atoms with Gasteiger partial charge in [-0.15, -0.1) is 0 Å². The molecular weight excluding hydrogens is 547 g/mol. The highest BCUT2D eigenvalue weighted by atomic mass is 19.4. The van der Waals surface area contributed by atoms with Gasteiger partial charge in [-0.25, -0.2) is 23.3 Å². The number of halogens is 5. The van der Waals surface area contributed by atoms with Crippen molar-refractivity contribution >= 4 is 17.5 Å². The Morgan fingerprint density at radius 3 is 2.46 bits per heavy atom. The second-order valence-electron chi connectivity index (χ2n) is 11.2. The molecule has 3 heterocycles. The van der Waals surface area contributed by atoms with Crippen molar-refractivity contribution in [2.75, 3.05) is 0 Å². The van der Waals surface area contributed by atoms with Crippen LogP contribution in [-0.2, 0) is 4.79 Å². The zero-order valence-electron chi connectivity index (χ0n) is 22.4. The second-order valence-corrected chi connectivity index (χ2v) is 11.2. The van der Waals surface area contributed by atoms with Gasteiger partial charge in [0.25, 0.3) is 5.91 Å². The number of imidazole rings is 1. The largest absolute Gasteiger partial charge is 0.389 e. The molecule has 0 unspecified atom stereocenters. The van der Waals surface area contributed by atoms with E-state index < -0.39 is 48.7 Å². The monoisotopic (exact) mass is 578 g/mol. The van der Waals surface area contributed by atoms with Gasteiger partial charge in [0, 0.05) is 30.9 Å². The minimum absolute atomic E-state index is 0.0633. The minimum atomic E-state index is -4.43. The van der Waals surface area contributed by atoms with E-state index in [1.165, 1.54) is 4.52 Å². The van der Waals surface area contributed by atoms with Crippen LogP contribution in [0, 0.1) is 18.8 Å². The summed E-state index contributed by atoms with van der Waals surface area (Å²) < 4.78 is 67.5. The van der Waals surface area contributed by atoms with E-state index in [0.717, 1.165) is 12.8 Å². The number of primary amides is 1. The van der Waals surface area contributed by atoms with Crippen molar-refractivity contribution in [2.24, 2.45) is 17.6 Å². The van der Waals surface area contributed by atoms with E-state index in [2.05, 4.69) is 15.4 Å². The molecule has 220 valence electrons. The Bertz CT molecular complexity index is 1440. The molecule has 41 heavy (non-hydrogen) atoms. The number of carbonyl (C=O) groups is 2. The van der Waals surface area contributed by atoms with E-state index in [9.17, 15) is 31.5 Å². The number of alkyl halides is 5. The first-order chi connectivity index (χ1) is 19.3. The van der Waals surface area contributed by atoms with Crippen molar-refractivity contribution in [3.8, 4) is 0 Å². The fourth-order valence-corrected chi connectivity index (χ4v) is 5.70. The van der Waals surface area contributed by atoms with Gasteiger partial charge in [0.05, 0.1) is 30.6 Å². The van der Waals surface area contributed by atoms with Crippen LogP contribution in [0.25, 0.3) is 5.65 Å². The van der Waals surface area contributed by atoms with Gasteiger partial charge in [-0.1, -0.05) is 6.07 Å². The average molecular weight is 579 g/mol. The Morgan fingerprint density at radius 2 is 1.83 bits per heavy atom. The molecule has 0 radical (unpaired) electrons. The number of aryl methyl sites for hydroxylation is 1. The first kappa shape index (κ1) is 28.9. The third-order valence-electron chi connectivity index (χ3n) is 7.95. The number of amides is 2. The topological polar surface area (TPSA) is 115 Å². The van der Waals surface area contributed by atoms with Crippen LogP contribution in [0.1, 0.15) is 96.3 Å². The molecule has 2 atom stereocenters. The van der Waals surface area contributed by atoms with Gasteiger partial charge in [-0.3, -0.25) is 9.59 Å². The summed E-state index contributed by atoms with van der Waals surface area (Å²) in [6, 6.07) is 4.69. The Kier molecular flexibility index (Phi) is 7.73. The van der Waals surface area contributed by atoms with E-state index in [-0.39, 0.29) is 43.2 Å². The van der Waals surface area contributed by atoms with Crippen molar-refractivity contribution in [3.63, 3.8) is 0 Å². The summed E-state index contributed by atoms with van der Waals surface area (Å²) in [6.07, 6.45) is -1.58. The molecule has 3 N–H and O–H groups in total. The maximum Gasteiger partial charge on any atom is 0.389 e. The lowest BCUT2D eigenvalue weighted by Gasteiger charge is -2.33. The molecule has 2 fully saturated rings. The van der Waals surface area contributed by atoms with E-state index in [1.54, 1.807) is 37.5 Å². The molecule has 2 aliphatic rings. The number of hydrogen-bond acceptors (Lipinski definition) is 5. The summed E-state index contributed by atoms with van der Waals surface area (Å²) in [4.78, 5) is 33.8. The number of nitrogens with zero attached hydrogens (tertiary/aromatic N) is 4. The maximum atomic E-state index is 14.1. The van der Waals surface area contributed by atoms with Gasteiger partial charge in [0.2, 0.25) is 11.8 Å². The summed E-state index contributed by atoms with van der Waals surface area (Å²) in [5.74, 6) is -4.90. The summed E-state index contributed by atoms with van der Waals surface area (Å²) in [5, 5.41) is 7.16. The number of fused-ring (bicyclic) bond motifs is 1. The molecule has 0 aliphatic heterocycles. The van der Waals surface area contributed by atoms with Gasteiger partial charge in [-0.05, 0) is 67.7 Å². The fourth-order valence-electron chi connectivity index (χ4n) is 5.70. The number of rotatable bonds is 9. The highest BCUT2D eigenvalue weighted by Gasteiger charge is 2.41. The first-order valence-electron chi connectivity index (χ1n) is 13.7. The standard InChI is InChI=1S/C28H31F5N6O2/c1-15-2-5-19(25(36-15)26(34)41)23(16-6-9-27(29,30)10-7-16)20-14-39-21(37-20)12-18(13-35-39)24(17-3-4-17)38-22(40)8-11-28(31,32)33/h2,5,12-14,16-17,23-24H,3-4,6-11H2,1H3,(H2,34,41)(H,38,40)/t23-,24+/m0/s1. The predicted octanol–water partition coefficient (Wildman–Crippen LogP) is 5.40. The van der Waals surface area contributed by atoms with E-state index in [0.29, 0.717) is 28.2 Å². The van der Waals surface area contributed by atoms with Crippen molar-refractivity contribution in [1.29, 1.82) is 0 Å². The van der Waals surface area contributed by atoms with Crippen LogP contribution in [0.3, 0.4) is 0 Å². The van der Waals surface area contributed by atoms with Crippen molar-refractivity contribution in [1.82, 2.24) is 24.9 Å². The van der Waals surface area contributed by atoms with E-state index in [1.807, 2.05) is 0 Å². The van der Waals surface area contributed by atoms with Gasteiger partial charge in [0.1, 0.15) is 5.69 Å². The summed E-state index contributed by atoms with van der Waals surface area (Å²) in [5.41, 5.74) is 8.36. The molecule has 8 nitrogen and oxygen atoms in total. The Labute approximate surface area is 232 Å². The first-order valence-corrected chi connectivity index (χ1v) is 13.7. The molecule has 2 saturated carbocycles. The van der Waals surface area contributed by atoms with Crippen LogP contribution in [0.5, 0.6) is 0 Å². The van der Waals surface area contributed by atoms with E-state index >= 15 is 0 Å². The van der Waals surface area contributed by atoms with Gasteiger partial charge < -0.3 is 11.1 Å². The molecule has 13 heteroatoms. The molecule has 2 amide bonds. The minimum Gasteiger partial charge on any atom is -0.364 e. The van der Waals surface area contributed by atoms with Gasteiger partial charge in [-0.2, -0.15) is 18.3 Å². The van der Waals surface area contributed by atoms with E-state index in [4.69, 9.17) is 10.7 Å². The molecule has 0 saturated heterocycles. The molecule has 0 spiro atoms. The molecule has 0 bridgehead atoms. The zero-order valence-corrected chi connectivity index (χ0v) is 22.4. The Hall–Kier alpha value is -3.64. The van der Waals surface area contributed by atoms with Gasteiger partial charge >= 0.3 is 6.18 Å². The van der Waals surface area contributed by atoms with Crippen LogP contribution in [0.4, 0.5) is 22.0 Å². The molecular formula is C28H31F5N6O2. The smallest absolute Gasteiger partial charge is 0.364 e. The highest BCUT2D eigenvalue weighted by Crippen LogP contribution is 2.46. The highest BCUT2D eigenvalue weighted by molar-refractivity contribution is 5.92. The Balaban J connectivity index is 1.48. The number of carbonyl (C=O) groups excluding carboxylic acids is 2. The maximum absolute atomic E-state index is 14.1. The molecule has 2 aliphatic carbocycles. The zero-order chi connectivity index (χ0) is 29.5. The lowest BCUT2D eigenvalue weighted by Crippen LogP contribution is -2.30. The predicted molar refractivity (Wildman–Crippen MR) is 138 cm³/mol. The van der Waals surface area contributed by atoms with Crippen LogP contribution in [-0.4, -0.2) is 43.5 Å². The van der Waals surface area contributed by atoms with Crippen LogP contribution >= 0.6 is 0 Å². The average Bonchev–Trinajstić information content (AvgIpc) is 3.65. The molecule has 3 aromatic rings. The summed E-state index contributed by atoms with van der Waals surface area (Å²) in [7, 11) is 0. The third kappa shape index (κ3) is 6.82. The molecule has 3 aromatic heterocycles. The van der Waals surface area contributed by atoms with Crippen LogP contribution < -0.4 is 11.1 Å². The lowest BCUT2D eigenvalue weighted by atomic mass is 9.74. The van der Waals surface area contributed by atoms with Crippen LogP contribution in [0.2, 0.25) is 0 Å². The fraction of sp³-hybridized carbons (Fsp3) is 0.536. The lowest BCUT2D eigenvalue weighted by molar-refractivity contribution is -0.144. The van der Waals surface area contributed by atoms with Crippen molar-refractivity contribution in [3.05, 3.63) is 58.8 Å². The molecule has 5 rings (SSSR count). The number of hydrogen-bond donors (Lipinski definition) is 2. The number of pyridine rings is 1. The van der Waals surface area contributed by atoms with Gasteiger partial charge in [0.15, 0.2) is 5.65 Å². The number of nitrogens with two attached hydrogens (primary N) is 1. The van der Waals surface area contributed by atoms with Crippen molar-refractivity contribution < 1.29 is 31.5 Å². The summed E-state index contributed by atoms with van der Waals surface area (Å²) in [6.45, 7) is 1.72. The quantitative estimate of drug-likeness (QED) is 0.330. The van der Waals surface area contributed by atoms with Crippen LogP contribution in [0.15, 0.2) is 30.6 Å². The summed E-state index contributed by atoms with van der Waals surface area (Å²) >= 11 is 0. The normalized spacial score (nSPS) is 19.2. The number of nitrogens with one attached hydrogen (secondary N) is 1. The Morgan fingerprint density at radius 1 is 1.12 bits per heavy atom. The number of aromatic nitrogens is 4.